The third-order valence-electron chi connectivity index (χ3n) is 1.76. The molecule has 1 aromatic rings. The van der Waals surface area contributed by atoms with Gasteiger partial charge in [0.1, 0.15) is 17.1 Å². The van der Waals surface area contributed by atoms with Gasteiger partial charge < -0.3 is 9.26 Å². The first-order chi connectivity index (χ1) is 5.06. The summed E-state index contributed by atoms with van der Waals surface area (Å²) in [4.78, 5) is 0. The van der Waals surface area contributed by atoms with E-state index in [1.165, 1.54) is 0 Å². The van der Waals surface area contributed by atoms with Gasteiger partial charge >= 0.3 is 0 Å². The molecule has 0 N–H and O–H groups in total. The molecule has 0 bridgehead atoms. The quantitative estimate of drug-likeness (QED) is 0.654. The Morgan fingerprint density at radius 1 is 1.55 bits per heavy atom. The maximum atomic E-state index is 5.21. The molecular formula is C8H13NO2. The van der Waals surface area contributed by atoms with Crippen LogP contribution in [-0.4, -0.2) is 12.3 Å². The first kappa shape index (κ1) is 8.27. The van der Waals surface area contributed by atoms with E-state index in [2.05, 4.69) is 5.16 Å². The molecule has 0 aliphatic carbocycles. The highest BCUT2D eigenvalue weighted by Crippen LogP contribution is 2.22. The van der Waals surface area contributed by atoms with Crippen LogP contribution in [0.5, 0.6) is 0 Å². The van der Waals surface area contributed by atoms with Gasteiger partial charge in [-0.1, -0.05) is 5.16 Å². The number of aryl methyl sites for hydroxylation is 1. The van der Waals surface area contributed by atoms with Crippen molar-refractivity contribution < 1.29 is 9.26 Å². The van der Waals surface area contributed by atoms with Crippen molar-refractivity contribution >= 4 is 0 Å². The minimum atomic E-state index is -0.349. The minimum Gasteiger partial charge on any atom is -0.372 e. The Bertz CT molecular complexity index is 240. The second-order valence-electron chi connectivity index (χ2n) is 3.04. The smallest absolute Gasteiger partial charge is 0.134 e. The largest absolute Gasteiger partial charge is 0.372 e. The van der Waals surface area contributed by atoms with Crippen LogP contribution in [0.1, 0.15) is 25.3 Å². The van der Waals surface area contributed by atoms with E-state index in [1.807, 2.05) is 26.8 Å². The maximum absolute atomic E-state index is 5.21. The highest BCUT2D eigenvalue weighted by molar-refractivity contribution is 5.10. The molecule has 1 aromatic heterocycles. The number of rotatable bonds is 2. The lowest BCUT2D eigenvalue weighted by atomic mass is 10.1. The predicted octanol–water partition coefficient (Wildman–Crippen LogP) is 1.86. The van der Waals surface area contributed by atoms with Gasteiger partial charge in [-0.25, -0.2) is 0 Å². The van der Waals surface area contributed by atoms with E-state index >= 15 is 0 Å². The monoisotopic (exact) mass is 155 g/mol. The first-order valence-electron chi connectivity index (χ1n) is 3.55. The molecule has 0 radical (unpaired) electrons. The lowest BCUT2D eigenvalue weighted by molar-refractivity contribution is 0.0130. The van der Waals surface area contributed by atoms with Crippen LogP contribution in [0, 0.1) is 6.92 Å². The van der Waals surface area contributed by atoms with Crippen LogP contribution in [0.15, 0.2) is 10.6 Å². The second kappa shape index (κ2) is 2.66. The molecule has 62 valence electrons. The normalized spacial score (nSPS) is 12.0. The van der Waals surface area contributed by atoms with Crippen LogP contribution in [0.2, 0.25) is 0 Å². The summed E-state index contributed by atoms with van der Waals surface area (Å²) >= 11 is 0. The Morgan fingerprint density at radius 2 is 2.18 bits per heavy atom. The van der Waals surface area contributed by atoms with Crippen molar-refractivity contribution in [3.8, 4) is 0 Å². The summed E-state index contributed by atoms with van der Waals surface area (Å²) in [5.74, 6) is 0.810. The number of hydrogen-bond donors (Lipinski definition) is 0. The number of methoxy groups -OCH3 is 1. The average Bonchev–Trinajstić information content (AvgIpc) is 2.36. The third-order valence-corrected chi connectivity index (χ3v) is 1.76. The van der Waals surface area contributed by atoms with Gasteiger partial charge in [0.2, 0.25) is 0 Å². The molecule has 0 aliphatic rings. The van der Waals surface area contributed by atoms with E-state index in [-0.39, 0.29) is 5.60 Å². The minimum absolute atomic E-state index is 0.349. The van der Waals surface area contributed by atoms with Gasteiger partial charge in [-0.2, -0.15) is 0 Å². The molecule has 0 fully saturated rings. The Kier molecular flexibility index (Phi) is 2.00. The molecule has 11 heavy (non-hydrogen) atoms. The van der Waals surface area contributed by atoms with Crippen LogP contribution < -0.4 is 0 Å². The molecule has 0 aromatic carbocycles. The maximum Gasteiger partial charge on any atom is 0.134 e. The highest BCUT2D eigenvalue weighted by atomic mass is 16.5. The summed E-state index contributed by atoms with van der Waals surface area (Å²) in [6.07, 6.45) is 0. The first-order valence-corrected chi connectivity index (χ1v) is 3.55. The summed E-state index contributed by atoms with van der Waals surface area (Å²) < 4.78 is 10.1. The van der Waals surface area contributed by atoms with Crippen LogP contribution in [-0.2, 0) is 10.3 Å². The standard InChI is InChI=1S/C8H13NO2/c1-6-5-7(9-11-6)8(2,3)10-4/h5H,1-4H3. The molecule has 0 amide bonds. The Labute approximate surface area is 66.3 Å². The van der Waals surface area contributed by atoms with Gasteiger partial charge in [-0.3, -0.25) is 0 Å². The Morgan fingerprint density at radius 3 is 2.55 bits per heavy atom. The van der Waals surface area contributed by atoms with Gasteiger partial charge in [0.15, 0.2) is 0 Å². The zero-order valence-corrected chi connectivity index (χ0v) is 7.34. The molecule has 3 heteroatoms. The fourth-order valence-corrected chi connectivity index (χ4v) is 0.755. The summed E-state index contributed by atoms with van der Waals surface area (Å²) in [5, 5.41) is 3.86. The lowest BCUT2D eigenvalue weighted by Gasteiger charge is -2.18. The number of aromatic nitrogens is 1. The van der Waals surface area contributed by atoms with Gasteiger partial charge in [0.25, 0.3) is 0 Å². The lowest BCUT2D eigenvalue weighted by Crippen LogP contribution is -2.19. The van der Waals surface area contributed by atoms with E-state index in [0.29, 0.717) is 0 Å². The molecule has 0 saturated carbocycles. The molecule has 1 rings (SSSR count). The average molecular weight is 155 g/mol. The van der Waals surface area contributed by atoms with Crippen molar-refractivity contribution in [1.82, 2.24) is 5.16 Å². The van der Waals surface area contributed by atoms with Gasteiger partial charge in [0.05, 0.1) is 0 Å². The van der Waals surface area contributed by atoms with Crippen molar-refractivity contribution in [2.75, 3.05) is 7.11 Å². The molecule has 0 spiro atoms. The van der Waals surface area contributed by atoms with Crippen molar-refractivity contribution in [1.29, 1.82) is 0 Å². The van der Waals surface area contributed by atoms with Crippen LogP contribution in [0.25, 0.3) is 0 Å². The fraction of sp³-hybridized carbons (Fsp3) is 0.625. The van der Waals surface area contributed by atoms with Crippen LogP contribution in [0.3, 0.4) is 0 Å². The van der Waals surface area contributed by atoms with E-state index in [0.717, 1.165) is 11.5 Å². The number of hydrogen-bond acceptors (Lipinski definition) is 3. The van der Waals surface area contributed by atoms with E-state index in [4.69, 9.17) is 9.26 Å². The predicted molar refractivity (Wildman–Crippen MR) is 41.3 cm³/mol. The van der Waals surface area contributed by atoms with Crippen molar-refractivity contribution in [3.63, 3.8) is 0 Å². The summed E-state index contributed by atoms with van der Waals surface area (Å²) in [6, 6.07) is 1.88. The molecule has 0 aliphatic heterocycles. The van der Waals surface area contributed by atoms with E-state index in [1.54, 1.807) is 7.11 Å². The molecule has 1 heterocycles. The molecule has 0 atom stereocenters. The Hall–Kier alpha value is -0.830. The molecule has 3 nitrogen and oxygen atoms in total. The molecular weight excluding hydrogens is 142 g/mol. The second-order valence-corrected chi connectivity index (χ2v) is 3.04. The van der Waals surface area contributed by atoms with Crippen LogP contribution >= 0.6 is 0 Å². The van der Waals surface area contributed by atoms with Crippen LogP contribution in [0.4, 0.5) is 0 Å². The summed E-state index contributed by atoms with van der Waals surface area (Å²) in [6.45, 7) is 5.76. The summed E-state index contributed by atoms with van der Waals surface area (Å²) in [7, 11) is 1.66. The van der Waals surface area contributed by atoms with Crippen molar-refractivity contribution in [2.24, 2.45) is 0 Å². The van der Waals surface area contributed by atoms with Gasteiger partial charge in [-0.05, 0) is 20.8 Å². The summed E-state index contributed by atoms with van der Waals surface area (Å²) in [5.41, 5.74) is 0.482. The zero-order valence-electron chi connectivity index (χ0n) is 7.34. The zero-order chi connectivity index (χ0) is 8.48. The molecule has 0 saturated heterocycles. The number of ether oxygens (including phenoxy) is 1. The topological polar surface area (TPSA) is 35.3 Å². The highest BCUT2D eigenvalue weighted by Gasteiger charge is 2.23. The van der Waals surface area contributed by atoms with Crippen molar-refractivity contribution in [3.05, 3.63) is 17.5 Å². The SMILES string of the molecule is COC(C)(C)c1cc(C)on1. The Balaban J connectivity index is 2.92. The van der Waals surface area contributed by atoms with E-state index < -0.39 is 0 Å². The van der Waals surface area contributed by atoms with E-state index in [9.17, 15) is 0 Å². The third kappa shape index (κ3) is 1.60. The number of nitrogens with zero attached hydrogens (tertiary/aromatic N) is 1. The fourth-order valence-electron chi connectivity index (χ4n) is 0.755. The molecule has 0 unspecified atom stereocenters. The van der Waals surface area contributed by atoms with Crippen molar-refractivity contribution in [2.45, 2.75) is 26.4 Å². The van der Waals surface area contributed by atoms with Gasteiger partial charge in [0, 0.05) is 13.2 Å². The van der Waals surface area contributed by atoms with Gasteiger partial charge in [-0.15, -0.1) is 0 Å².